The van der Waals surface area contributed by atoms with E-state index in [2.05, 4.69) is 9.47 Å². The summed E-state index contributed by atoms with van der Waals surface area (Å²) in [6, 6.07) is 12.3. The number of hydrogen-bond donors (Lipinski definition) is 0. The Hall–Kier alpha value is -2.48. The third-order valence-corrected chi connectivity index (χ3v) is 5.13. The minimum Gasteiger partial charge on any atom is -0.379 e. The van der Waals surface area contributed by atoms with Crippen molar-refractivity contribution in [1.29, 1.82) is 0 Å². The Kier molecular flexibility index (Phi) is 5.07. The van der Waals surface area contributed by atoms with E-state index in [9.17, 15) is 10.1 Å². The number of nitro groups is 1. The van der Waals surface area contributed by atoms with Crippen molar-refractivity contribution in [3.05, 3.63) is 57.6 Å². The Labute approximate surface area is 161 Å². The molecule has 2 aromatic carbocycles. The van der Waals surface area contributed by atoms with E-state index in [0.717, 1.165) is 50.4 Å². The Morgan fingerprint density at radius 3 is 2.70 bits per heavy atom. The fraction of sp³-hybridized carbons (Fsp3) is 0.316. The SMILES string of the molecule is O=[N+]([O-])c1ccc(Cl)c(-c2nc3ccccc3n2CCN2CCOCC2)c1. The van der Waals surface area contributed by atoms with E-state index in [4.69, 9.17) is 21.3 Å². The number of para-hydroxylation sites is 2. The molecule has 27 heavy (non-hydrogen) atoms. The fourth-order valence-electron chi connectivity index (χ4n) is 3.37. The van der Waals surface area contributed by atoms with Crippen LogP contribution in [0.3, 0.4) is 0 Å². The Morgan fingerprint density at radius 2 is 1.93 bits per heavy atom. The molecule has 0 amide bonds. The molecule has 7 nitrogen and oxygen atoms in total. The second kappa shape index (κ2) is 7.64. The highest BCUT2D eigenvalue weighted by atomic mass is 35.5. The molecule has 0 saturated carbocycles. The van der Waals surface area contributed by atoms with Crippen molar-refractivity contribution in [2.24, 2.45) is 0 Å². The number of hydrogen-bond acceptors (Lipinski definition) is 5. The second-order valence-corrected chi connectivity index (χ2v) is 6.86. The van der Waals surface area contributed by atoms with Crippen molar-refractivity contribution in [3.63, 3.8) is 0 Å². The molecule has 0 bridgehead atoms. The van der Waals surface area contributed by atoms with E-state index in [0.29, 0.717) is 16.4 Å². The van der Waals surface area contributed by atoms with Crippen LogP contribution in [0.15, 0.2) is 42.5 Å². The summed E-state index contributed by atoms with van der Waals surface area (Å²) in [4.78, 5) is 17.9. The predicted octanol–water partition coefficient (Wildman–Crippen LogP) is 3.60. The third kappa shape index (κ3) is 3.66. The highest BCUT2D eigenvalue weighted by molar-refractivity contribution is 6.33. The van der Waals surface area contributed by atoms with Gasteiger partial charge in [-0.2, -0.15) is 0 Å². The summed E-state index contributed by atoms with van der Waals surface area (Å²) in [6.45, 7) is 4.86. The standard InChI is InChI=1S/C19H19ClN4O3/c20-16-6-5-14(24(25)26)13-15(16)19-21-17-3-1-2-4-18(17)23(19)8-7-22-9-11-27-12-10-22/h1-6,13H,7-12H2. The average molecular weight is 387 g/mol. The lowest BCUT2D eigenvalue weighted by Crippen LogP contribution is -2.38. The minimum atomic E-state index is -0.416. The average Bonchev–Trinajstić information content (AvgIpc) is 3.05. The Balaban J connectivity index is 1.76. The Bertz CT molecular complexity index is 982. The van der Waals surface area contributed by atoms with E-state index in [1.165, 1.54) is 12.1 Å². The number of aromatic nitrogens is 2. The number of rotatable bonds is 5. The molecule has 0 spiro atoms. The molecule has 8 heteroatoms. The number of imidazole rings is 1. The van der Waals surface area contributed by atoms with Crippen LogP contribution in [0.25, 0.3) is 22.4 Å². The molecule has 1 saturated heterocycles. The van der Waals surface area contributed by atoms with Gasteiger partial charge < -0.3 is 9.30 Å². The van der Waals surface area contributed by atoms with Gasteiger partial charge in [0, 0.05) is 43.9 Å². The molecule has 0 radical (unpaired) electrons. The van der Waals surface area contributed by atoms with Crippen LogP contribution in [0.5, 0.6) is 0 Å². The van der Waals surface area contributed by atoms with Gasteiger partial charge in [-0.3, -0.25) is 15.0 Å². The molecule has 140 valence electrons. The van der Waals surface area contributed by atoms with Gasteiger partial charge in [0.25, 0.3) is 5.69 Å². The summed E-state index contributed by atoms with van der Waals surface area (Å²) in [7, 11) is 0. The number of nitrogens with zero attached hydrogens (tertiary/aromatic N) is 4. The predicted molar refractivity (Wildman–Crippen MR) is 104 cm³/mol. The molecule has 1 aliphatic rings. The largest absolute Gasteiger partial charge is 0.379 e. The first kappa shape index (κ1) is 17.9. The van der Waals surface area contributed by atoms with Crippen molar-refractivity contribution >= 4 is 28.3 Å². The molecule has 2 heterocycles. The molecular formula is C19H19ClN4O3. The molecule has 4 rings (SSSR count). The summed E-state index contributed by atoms with van der Waals surface area (Å²) < 4.78 is 7.50. The maximum absolute atomic E-state index is 11.2. The van der Waals surface area contributed by atoms with Crippen LogP contribution in [0.1, 0.15) is 0 Å². The minimum absolute atomic E-state index is 0.00110. The summed E-state index contributed by atoms with van der Waals surface area (Å²) in [6.07, 6.45) is 0. The Morgan fingerprint density at radius 1 is 1.15 bits per heavy atom. The number of benzene rings is 2. The first-order chi connectivity index (χ1) is 13.1. The van der Waals surface area contributed by atoms with Gasteiger partial charge in [-0.05, 0) is 18.2 Å². The topological polar surface area (TPSA) is 73.4 Å². The lowest BCUT2D eigenvalue weighted by Gasteiger charge is -2.27. The first-order valence-corrected chi connectivity index (χ1v) is 9.21. The molecule has 0 aliphatic carbocycles. The van der Waals surface area contributed by atoms with Gasteiger partial charge >= 0.3 is 0 Å². The zero-order valence-corrected chi connectivity index (χ0v) is 15.4. The summed E-state index contributed by atoms with van der Waals surface area (Å²) in [5.74, 6) is 0.651. The van der Waals surface area contributed by atoms with Gasteiger partial charge in [0.05, 0.1) is 34.2 Å². The van der Waals surface area contributed by atoms with Crippen LogP contribution in [0, 0.1) is 10.1 Å². The van der Waals surface area contributed by atoms with Gasteiger partial charge in [0.2, 0.25) is 0 Å². The maximum atomic E-state index is 11.2. The molecule has 3 aromatic rings. The highest BCUT2D eigenvalue weighted by Crippen LogP contribution is 2.33. The summed E-state index contributed by atoms with van der Waals surface area (Å²) >= 11 is 6.38. The highest BCUT2D eigenvalue weighted by Gasteiger charge is 2.19. The summed E-state index contributed by atoms with van der Waals surface area (Å²) in [5, 5.41) is 11.6. The first-order valence-electron chi connectivity index (χ1n) is 8.83. The molecule has 1 fully saturated rings. The fourth-order valence-corrected chi connectivity index (χ4v) is 3.57. The monoisotopic (exact) mass is 386 g/mol. The van der Waals surface area contributed by atoms with E-state index in [1.807, 2.05) is 24.3 Å². The van der Waals surface area contributed by atoms with Crippen LogP contribution in [0.2, 0.25) is 5.02 Å². The van der Waals surface area contributed by atoms with Crippen molar-refractivity contribution in [2.75, 3.05) is 32.8 Å². The van der Waals surface area contributed by atoms with Gasteiger partial charge in [0.15, 0.2) is 0 Å². The number of nitro benzene ring substituents is 1. The molecular weight excluding hydrogens is 368 g/mol. The lowest BCUT2D eigenvalue weighted by atomic mass is 10.2. The van der Waals surface area contributed by atoms with Gasteiger partial charge in [-0.25, -0.2) is 4.98 Å². The van der Waals surface area contributed by atoms with Crippen molar-refractivity contribution in [1.82, 2.24) is 14.5 Å². The van der Waals surface area contributed by atoms with Crippen molar-refractivity contribution in [2.45, 2.75) is 6.54 Å². The summed E-state index contributed by atoms with van der Waals surface area (Å²) in [5.41, 5.74) is 2.41. The lowest BCUT2D eigenvalue weighted by molar-refractivity contribution is -0.384. The van der Waals surface area contributed by atoms with E-state index < -0.39 is 4.92 Å². The molecule has 1 aliphatic heterocycles. The van der Waals surface area contributed by atoms with E-state index in [-0.39, 0.29) is 5.69 Å². The number of halogens is 1. The van der Waals surface area contributed by atoms with Crippen LogP contribution in [0.4, 0.5) is 5.69 Å². The quantitative estimate of drug-likeness (QED) is 0.495. The van der Waals surface area contributed by atoms with E-state index in [1.54, 1.807) is 6.07 Å². The van der Waals surface area contributed by atoms with Crippen molar-refractivity contribution < 1.29 is 9.66 Å². The molecule has 0 N–H and O–H groups in total. The third-order valence-electron chi connectivity index (χ3n) is 4.80. The smallest absolute Gasteiger partial charge is 0.270 e. The normalized spacial score (nSPS) is 15.3. The molecule has 0 atom stereocenters. The van der Waals surface area contributed by atoms with Crippen LogP contribution < -0.4 is 0 Å². The van der Waals surface area contributed by atoms with Gasteiger partial charge in [0.1, 0.15) is 5.82 Å². The van der Waals surface area contributed by atoms with Crippen LogP contribution in [-0.4, -0.2) is 52.2 Å². The number of morpholine rings is 1. The number of fused-ring (bicyclic) bond motifs is 1. The number of non-ortho nitro benzene ring substituents is 1. The zero-order chi connectivity index (χ0) is 18.8. The van der Waals surface area contributed by atoms with Crippen LogP contribution >= 0.6 is 11.6 Å². The van der Waals surface area contributed by atoms with Crippen molar-refractivity contribution in [3.8, 4) is 11.4 Å². The van der Waals surface area contributed by atoms with Gasteiger partial charge in [-0.1, -0.05) is 23.7 Å². The van der Waals surface area contributed by atoms with Gasteiger partial charge in [-0.15, -0.1) is 0 Å². The number of ether oxygens (including phenoxy) is 1. The maximum Gasteiger partial charge on any atom is 0.270 e. The second-order valence-electron chi connectivity index (χ2n) is 6.45. The zero-order valence-electron chi connectivity index (χ0n) is 14.7. The van der Waals surface area contributed by atoms with Crippen LogP contribution in [-0.2, 0) is 11.3 Å². The molecule has 1 aromatic heterocycles. The molecule has 0 unspecified atom stereocenters. The van der Waals surface area contributed by atoms with E-state index >= 15 is 0 Å².